The Bertz CT molecular complexity index is 1110. The van der Waals surface area contributed by atoms with Gasteiger partial charge in [-0.05, 0) is 42.5 Å². The fourth-order valence-corrected chi connectivity index (χ4v) is 3.46. The lowest BCUT2D eigenvalue weighted by Crippen LogP contribution is -2.31. The zero-order chi connectivity index (χ0) is 20.6. The summed E-state index contributed by atoms with van der Waals surface area (Å²) >= 11 is 1.37. The molecule has 0 bridgehead atoms. The standard InChI is InChI=1S/C23H17FN2O2S/c1-2-16-6-5-7-17(14-16)26-23(28)15-25-22(27)13-11-18-10-12-21(29-18)19-8-3-4-9-20(19)24/h1,3-14H,15H2,(H,25,27)(H,26,28)/b13-11+. The van der Waals surface area contributed by atoms with E-state index in [0.717, 1.165) is 9.75 Å². The molecule has 0 fully saturated rings. The van der Waals surface area contributed by atoms with Gasteiger partial charge in [-0.3, -0.25) is 9.59 Å². The molecule has 3 aromatic rings. The maximum absolute atomic E-state index is 13.9. The lowest BCUT2D eigenvalue weighted by Gasteiger charge is -2.06. The molecule has 2 amide bonds. The van der Waals surface area contributed by atoms with Crippen LogP contribution in [0, 0.1) is 18.2 Å². The maximum Gasteiger partial charge on any atom is 0.244 e. The van der Waals surface area contributed by atoms with Gasteiger partial charge in [-0.25, -0.2) is 4.39 Å². The Morgan fingerprint density at radius 1 is 1.10 bits per heavy atom. The SMILES string of the molecule is C#Cc1cccc(NC(=O)CNC(=O)/C=C/c2ccc(-c3ccccc3F)s2)c1. The van der Waals surface area contributed by atoms with Crippen LogP contribution in [0.25, 0.3) is 16.5 Å². The Morgan fingerprint density at radius 3 is 2.72 bits per heavy atom. The van der Waals surface area contributed by atoms with Gasteiger partial charge in [0.2, 0.25) is 11.8 Å². The number of carbonyl (C=O) groups excluding carboxylic acids is 2. The van der Waals surface area contributed by atoms with E-state index in [9.17, 15) is 14.0 Å². The zero-order valence-electron chi connectivity index (χ0n) is 15.3. The first-order valence-electron chi connectivity index (χ1n) is 8.72. The molecule has 0 spiro atoms. The van der Waals surface area contributed by atoms with E-state index in [1.54, 1.807) is 60.7 Å². The second-order valence-electron chi connectivity index (χ2n) is 6.01. The molecule has 6 heteroatoms. The van der Waals surface area contributed by atoms with Crippen LogP contribution in [0.2, 0.25) is 0 Å². The summed E-state index contributed by atoms with van der Waals surface area (Å²) in [7, 11) is 0. The van der Waals surface area contributed by atoms with Crippen molar-refractivity contribution < 1.29 is 14.0 Å². The van der Waals surface area contributed by atoms with Gasteiger partial charge in [-0.1, -0.05) is 30.2 Å². The Kier molecular flexibility index (Phi) is 6.56. The van der Waals surface area contributed by atoms with E-state index >= 15 is 0 Å². The number of nitrogens with one attached hydrogen (secondary N) is 2. The molecule has 29 heavy (non-hydrogen) atoms. The molecule has 0 atom stereocenters. The lowest BCUT2D eigenvalue weighted by molar-refractivity contribution is -0.121. The molecular weight excluding hydrogens is 387 g/mol. The molecule has 0 aliphatic carbocycles. The first kappa shape index (κ1) is 20.1. The predicted octanol–water partition coefficient (Wildman–Crippen LogP) is 4.30. The Hall–Kier alpha value is -3.69. The fraction of sp³-hybridized carbons (Fsp3) is 0.0435. The Balaban J connectivity index is 1.52. The molecule has 1 heterocycles. The molecule has 0 aliphatic heterocycles. The van der Waals surface area contributed by atoms with Crippen molar-refractivity contribution in [2.24, 2.45) is 0 Å². The van der Waals surface area contributed by atoms with Crippen molar-refractivity contribution in [2.45, 2.75) is 0 Å². The summed E-state index contributed by atoms with van der Waals surface area (Å²) in [6.07, 6.45) is 8.29. The van der Waals surface area contributed by atoms with Gasteiger partial charge >= 0.3 is 0 Å². The monoisotopic (exact) mass is 404 g/mol. The number of anilines is 1. The van der Waals surface area contributed by atoms with Gasteiger partial charge in [-0.15, -0.1) is 17.8 Å². The highest BCUT2D eigenvalue weighted by atomic mass is 32.1. The summed E-state index contributed by atoms with van der Waals surface area (Å²) < 4.78 is 13.9. The zero-order valence-corrected chi connectivity index (χ0v) is 16.1. The van der Waals surface area contributed by atoms with Crippen LogP contribution in [-0.4, -0.2) is 18.4 Å². The lowest BCUT2D eigenvalue weighted by atomic mass is 10.2. The van der Waals surface area contributed by atoms with Crippen molar-refractivity contribution >= 4 is 34.9 Å². The predicted molar refractivity (Wildman–Crippen MR) is 115 cm³/mol. The van der Waals surface area contributed by atoms with Crippen LogP contribution in [0.15, 0.2) is 66.7 Å². The van der Waals surface area contributed by atoms with E-state index < -0.39 is 5.91 Å². The van der Waals surface area contributed by atoms with Crippen molar-refractivity contribution in [1.29, 1.82) is 0 Å². The van der Waals surface area contributed by atoms with Gasteiger partial charge < -0.3 is 10.6 Å². The van der Waals surface area contributed by atoms with Crippen LogP contribution in [0.1, 0.15) is 10.4 Å². The molecule has 1 aromatic heterocycles. The molecule has 0 saturated heterocycles. The van der Waals surface area contributed by atoms with Crippen LogP contribution in [0.4, 0.5) is 10.1 Å². The van der Waals surface area contributed by atoms with Crippen molar-refractivity contribution in [2.75, 3.05) is 11.9 Å². The highest BCUT2D eigenvalue weighted by Crippen LogP contribution is 2.30. The number of halogens is 1. The van der Waals surface area contributed by atoms with E-state index in [-0.39, 0.29) is 18.3 Å². The summed E-state index contributed by atoms with van der Waals surface area (Å²) in [4.78, 5) is 25.5. The summed E-state index contributed by atoms with van der Waals surface area (Å²) in [5.74, 6) is 1.43. The van der Waals surface area contributed by atoms with Crippen molar-refractivity contribution in [1.82, 2.24) is 5.32 Å². The number of thiophene rings is 1. The number of benzene rings is 2. The topological polar surface area (TPSA) is 58.2 Å². The van der Waals surface area contributed by atoms with Gasteiger partial charge in [-0.2, -0.15) is 0 Å². The minimum Gasteiger partial charge on any atom is -0.343 e. The van der Waals surface area contributed by atoms with Crippen LogP contribution < -0.4 is 10.6 Å². The van der Waals surface area contributed by atoms with Crippen LogP contribution in [0.3, 0.4) is 0 Å². The molecule has 3 rings (SSSR count). The number of hydrogen-bond donors (Lipinski definition) is 2. The third-order valence-corrected chi connectivity index (χ3v) is 4.99. The summed E-state index contributed by atoms with van der Waals surface area (Å²) in [5.41, 5.74) is 1.74. The number of hydrogen-bond acceptors (Lipinski definition) is 3. The molecular formula is C23H17FN2O2S. The van der Waals surface area contributed by atoms with Crippen LogP contribution in [0.5, 0.6) is 0 Å². The van der Waals surface area contributed by atoms with Crippen molar-refractivity contribution in [3.05, 3.63) is 83.0 Å². The smallest absolute Gasteiger partial charge is 0.244 e. The third-order valence-electron chi connectivity index (χ3n) is 3.90. The first-order valence-corrected chi connectivity index (χ1v) is 9.54. The number of carbonyl (C=O) groups is 2. The van der Waals surface area contributed by atoms with Gasteiger partial charge in [0.05, 0.1) is 6.54 Å². The minimum atomic E-state index is -0.404. The van der Waals surface area contributed by atoms with E-state index in [2.05, 4.69) is 16.6 Å². The largest absolute Gasteiger partial charge is 0.343 e. The summed E-state index contributed by atoms with van der Waals surface area (Å²) in [6.45, 7) is -0.172. The van der Waals surface area contributed by atoms with E-state index in [1.165, 1.54) is 23.5 Å². The normalized spacial score (nSPS) is 10.5. The average molecular weight is 404 g/mol. The van der Waals surface area contributed by atoms with E-state index in [1.807, 2.05) is 0 Å². The summed E-state index contributed by atoms with van der Waals surface area (Å²) in [6, 6.07) is 17.0. The number of amides is 2. The highest BCUT2D eigenvalue weighted by Gasteiger charge is 2.07. The molecule has 0 radical (unpaired) electrons. The van der Waals surface area contributed by atoms with Gasteiger partial charge in [0.15, 0.2) is 0 Å². The van der Waals surface area contributed by atoms with Crippen molar-refractivity contribution in [3.8, 4) is 22.8 Å². The second-order valence-corrected chi connectivity index (χ2v) is 7.12. The van der Waals surface area contributed by atoms with E-state index in [4.69, 9.17) is 6.42 Å². The molecule has 144 valence electrons. The first-order chi connectivity index (χ1) is 14.0. The fourth-order valence-electron chi connectivity index (χ4n) is 2.52. The quantitative estimate of drug-likeness (QED) is 0.475. The van der Waals surface area contributed by atoms with Gasteiger partial charge in [0, 0.05) is 32.6 Å². The molecule has 2 aromatic carbocycles. The third kappa shape index (κ3) is 5.64. The Labute approximate surface area is 172 Å². The summed E-state index contributed by atoms with van der Waals surface area (Å²) in [5, 5.41) is 5.18. The molecule has 2 N–H and O–H groups in total. The van der Waals surface area contributed by atoms with Gasteiger partial charge in [0.1, 0.15) is 5.82 Å². The van der Waals surface area contributed by atoms with Gasteiger partial charge in [0.25, 0.3) is 0 Å². The highest BCUT2D eigenvalue weighted by molar-refractivity contribution is 7.16. The average Bonchev–Trinajstić information content (AvgIpc) is 3.20. The molecule has 0 saturated carbocycles. The molecule has 4 nitrogen and oxygen atoms in total. The van der Waals surface area contributed by atoms with Crippen LogP contribution in [-0.2, 0) is 9.59 Å². The number of terminal acetylenes is 1. The number of rotatable bonds is 6. The molecule has 0 unspecified atom stereocenters. The molecule has 0 aliphatic rings. The van der Waals surface area contributed by atoms with Crippen LogP contribution >= 0.6 is 11.3 Å². The maximum atomic E-state index is 13.9. The van der Waals surface area contributed by atoms with E-state index in [0.29, 0.717) is 16.8 Å². The van der Waals surface area contributed by atoms with Crippen molar-refractivity contribution in [3.63, 3.8) is 0 Å². The second kappa shape index (κ2) is 9.49. The Morgan fingerprint density at radius 2 is 1.93 bits per heavy atom. The minimum absolute atomic E-state index is 0.172.